The molecule has 8 nitrogen and oxygen atoms in total. The maximum atomic E-state index is 14.9. The summed E-state index contributed by atoms with van der Waals surface area (Å²) in [6.07, 6.45) is -0.705. The third-order valence-electron chi connectivity index (χ3n) is 6.10. The van der Waals surface area contributed by atoms with Gasteiger partial charge >= 0.3 is 0 Å². The largest absolute Gasteiger partial charge is 0.496 e. The van der Waals surface area contributed by atoms with Crippen LogP contribution >= 0.6 is 0 Å². The van der Waals surface area contributed by atoms with Crippen molar-refractivity contribution in [3.63, 3.8) is 0 Å². The lowest BCUT2D eigenvalue weighted by molar-refractivity contribution is -0.384. The van der Waals surface area contributed by atoms with Crippen LogP contribution in [0.15, 0.2) is 91.0 Å². The Hall–Kier alpha value is -4.92. The molecule has 4 aromatic carbocycles. The summed E-state index contributed by atoms with van der Waals surface area (Å²) in [5, 5.41) is 14.3. The van der Waals surface area contributed by atoms with Crippen LogP contribution in [-0.2, 0) is 6.61 Å². The number of hydrogen-bond donors (Lipinski definition) is 1. The average Bonchev–Trinajstić information content (AvgIpc) is 2.92. The Balaban J connectivity index is 1.51. The summed E-state index contributed by atoms with van der Waals surface area (Å²) in [5.74, 6) is 0.165. The molecule has 5 rings (SSSR count). The lowest BCUT2D eigenvalue weighted by Gasteiger charge is -2.38. The van der Waals surface area contributed by atoms with Gasteiger partial charge in [0.15, 0.2) is 0 Å². The van der Waals surface area contributed by atoms with Crippen LogP contribution in [0.2, 0.25) is 0 Å². The topological polar surface area (TPSA) is 93.9 Å². The molecule has 4 aromatic rings. The summed E-state index contributed by atoms with van der Waals surface area (Å²) < 4.78 is 26.3. The first-order valence-electron chi connectivity index (χ1n) is 11.4. The monoisotopic (exact) mass is 499 g/mol. The van der Waals surface area contributed by atoms with E-state index in [1.807, 2.05) is 12.1 Å². The molecule has 0 aliphatic carbocycles. The number of carbonyl (C=O) groups is 1. The van der Waals surface area contributed by atoms with Crippen LogP contribution in [-0.4, -0.2) is 17.9 Å². The molecular weight excluding hydrogens is 477 g/mol. The molecule has 0 aromatic heterocycles. The van der Waals surface area contributed by atoms with Gasteiger partial charge in [0, 0.05) is 23.4 Å². The fourth-order valence-corrected chi connectivity index (χ4v) is 4.29. The zero-order valence-electron chi connectivity index (χ0n) is 19.8. The lowest BCUT2D eigenvalue weighted by atomic mass is 10.0. The van der Waals surface area contributed by atoms with Crippen LogP contribution in [0.25, 0.3) is 0 Å². The summed E-state index contributed by atoms with van der Waals surface area (Å²) in [5.41, 5.74) is 2.57. The molecular formula is C28H22FN3O5. The molecule has 1 aliphatic heterocycles. The number of nitrogens with one attached hydrogen (secondary N) is 1. The van der Waals surface area contributed by atoms with Gasteiger partial charge in [-0.1, -0.05) is 30.3 Å². The number of halogens is 1. The number of anilines is 2. The number of nitro groups is 1. The third kappa shape index (κ3) is 4.66. The van der Waals surface area contributed by atoms with Crippen LogP contribution in [0.3, 0.4) is 0 Å². The maximum Gasteiger partial charge on any atom is 0.269 e. The Morgan fingerprint density at radius 3 is 2.46 bits per heavy atom. The first kappa shape index (κ1) is 23.8. The molecule has 1 atom stereocenters. The van der Waals surface area contributed by atoms with Gasteiger partial charge in [-0.2, -0.15) is 0 Å². The molecule has 0 bridgehead atoms. The van der Waals surface area contributed by atoms with Crippen LogP contribution in [0, 0.1) is 15.9 Å². The third-order valence-corrected chi connectivity index (χ3v) is 6.10. The number of para-hydroxylation sites is 2. The number of benzene rings is 4. The van der Waals surface area contributed by atoms with Crippen LogP contribution in [0.4, 0.5) is 21.5 Å². The second kappa shape index (κ2) is 9.98. The molecule has 1 N–H and O–H groups in total. The fourth-order valence-electron chi connectivity index (χ4n) is 4.29. The highest BCUT2D eigenvalue weighted by Crippen LogP contribution is 2.38. The predicted molar refractivity (Wildman–Crippen MR) is 136 cm³/mol. The van der Waals surface area contributed by atoms with Crippen LogP contribution in [0.5, 0.6) is 11.5 Å². The summed E-state index contributed by atoms with van der Waals surface area (Å²) in [6.45, 7) is 0.103. The van der Waals surface area contributed by atoms with Gasteiger partial charge in [-0.15, -0.1) is 0 Å². The van der Waals surface area contributed by atoms with Crippen molar-refractivity contribution in [1.82, 2.24) is 0 Å². The average molecular weight is 499 g/mol. The number of fused-ring (bicyclic) bond motifs is 1. The van der Waals surface area contributed by atoms with E-state index in [0.29, 0.717) is 33.9 Å². The van der Waals surface area contributed by atoms with Crippen LogP contribution < -0.4 is 19.7 Å². The van der Waals surface area contributed by atoms with E-state index in [1.54, 1.807) is 48.5 Å². The van der Waals surface area contributed by atoms with Gasteiger partial charge in [0.05, 0.1) is 23.3 Å². The second-order valence-corrected chi connectivity index (χ2v) is 8.33. The van der Waals surface area contributed by atoms with E-state index in [1.165, 1.54) is 42.3 Å². The molecule has 0 radical (unpaired) electrons. The minimum atomic E-state index is -0.705. The van der Waals surface area contributed by atoms with Crippen molar-refractivity contribution in [3.05, 3.63) is 124 Å². The van der Waals surface area contributed by atoms with Gasteiger partial charge < -0.3 is 14.8 Å². The number of carbonyl (C=O) groups excluding carboxylic acids is 1. The zero-order valence-corrected chi connectivity index (χ0v) is 19.8. The Bertz CT molecular complexity index is 1480. The van der Waals surface area contributed by atoms with Gasteiger partial charge in [-0.25, -0.2) is 4.39 Å². The van der Waals surface area contributed by atoms with Crippen molar-refractivity contribution in [2.45, 2.75) is 12.8 Å². The maximum absolute atomic E-state index is 14.9. The SMILES string of the molecule is COc1ccc([C@H]2Nc3ccccc3C(=O)N2c2ccccc2F)cc1COc1ccc([N+](=O)[O-])cc1. The highest BCUT2D eigenvalue weighted by atomic mass is 19.1. The van der Waals surface area contributed by atoms with Crippen molar-refractivity contribution in [2.75, 3.05) is 17.3 Å². The molecule has 0 saturated heterocycles. The predicted octanol–water partition coefficient (Wildman–Crippen LogP) is 6.09. The van der Waals surface area contributed by atoms with Crippen molar-refractivity contribution in [1.29, 1.82) is 0 Å². The molecule has 1 heterocycles. The van der Waals surface area contributed by atoms with E-state index >= 15 is 0 Å². The lowest BCUT2D eigenvalue weighted by Crippen LogP contribution is -2.43. The van der Waals surface area contributed by atoms with E-state index in [-0.39, 0.29) is 23.9 Å². The minimum Gasteiger partial charge on any atom is -0.496 e. The number of rotatable bonds is 7. The number of nitro benzene ring substituents is 1. The van der Waals surface area contributed by atoms with E-state index in [9.17, 15) is 19.3 Å². The van der Waals surface area contributed by atoms with E-state index in [2.05, 4.69) is 5.32 Å². The molecule has 1 aliphatic rings. The van der Waals surface area contributed by atoms with Crippen molar-refractivity contribution < 1.29 is 23.6 Å². The molecule has 0 unspecified atom stereocenters. The minimum absolute atomic E-state index is 0.0338. The zero-order chi connectivity index (χ0) is 25.9. The summed E-state index contributed by atoms with van der Waals surface area (Å²) in [7, 11) is 1.54. The number of ether oxygens (including phenoxy) is 2. The summed E-state index contributed by atoms with van der Waals surface area (Å²) in [6, 6.07) is 24.4. The summed E-state index contributed by atoms with van der Waals surface area (Å²) in [4.78, 5) is 25.4. The van der Waals surface area contributed by atoms with Crippen LogP contribution in [0.1, 0.15) is 27.7 Å². The van der Waals surface area contributed by atoms with Gasteiger partial charge in [0.1, 0.15) is 30.1 Å². The van der Waals surface area contributed by atoms with Gasteiger partial charge in [0.25, 0.3) is 11.6 Å². The number of nitrogens with zero attached hydrogens (tertiary/aromatic N) is 2. The highest BCUT2D eigenvalue weighted by molar-refractivity contribution is 6.12. The Kier molecular flexibility index (Phi) is 6.42. The highest BCUT2D eigenvalue weighted by Gasteiger charge is 2.35. The van der Waals surface area contributed by atoms with Gasteiger partial charge in [-0.3, -0.25) is 19.8 Å². The quantitative estimate of drug-likeness (QED) is 0.244. The number of hydrogen-bond acceptors (Lipinski definition) is 6. The first-order chi connectivity index (χ1) is 18.0. The summed E-state index contributed by atoms with van der Waals surface area (Å²) >= 11 is 0. The molecule has 1 amide bonds. The van der Waals surface area contributed by atoms with Gasteiger partial charge in [0.2, 0.25) is 0 Å². The van der Waals surface area contributed by atoms with Crippen molar-refractivity contribution >= 4 is 23.0 Å². The molecule has 0 saturated carbocycles. The standard InChI is InChI=1S/C28H22FN3O5/c1-36-26-15-10-18(16-19(26)17-37-21-13-11-20(12-14-21)32(34)35)27-30-24-8-4-2-6-22(24)28(33)31(27)25-9-5-3-7-23(25)29/h2-16,27,30H,17H2,1H3/t27-/m0/s1. The molecule has 37 heavy (non-hydrogen) atoms. The molecule has 0 fully saturated rings. The smallest absolute Gasteiger partial charge is 0.269 e. The Morgan fingerprint density at radius 2 is 1.73 bits per heavy atom. The molecule has 186 valence electrons. The van der Waals surface area contributed by atoms with E-state index in [0.717, 1.165) is 0 Å². The molecule has 9 heteroatoms. The normalized spacial score (nSPS) is 14.5. The van der Waals surface area contributed by atoms with E-state index < -0.39 is 16.9 Å². The number of amides is 1. The Morgan fingerprint density at radius 1 is 1.00 bits per heavy atom. The first-order valence-corrected chi connectivity index (χ1v) is 11.4. The van der Waals surface area contributed by atoms with E-state index in [4.69, 9.17) is 9.47 Å². The second-order valence-electron chi connectivity index (χ2n) is 8.33. The molecule has 0 spiro atoms. The number of methoxy groups -OCH3 is 1. The van der Waals surface area contributed by atoms with Gasteiger partial charge in [-0.05, 0) is 54.1 Å². The van der Waals surface area contributed by atoms with Crippen molar-refractivity contribution in [3.8, 4) is 11.5 Å². The number of non-ortho nitro benzene ring substituents is 1. The van der Waals surface area contributed by atoms with Crippen molar-refractivity contribution in [2.24, 2.45) is 0 Å². The Labute approximate surface area is 212 Å². The fraction of sp³-hybridized carbons (Fsp3) is 0.107.